The van der Waals surface area contributed by atoms with Gasteiger partial charge in [-0.25, -0.2) is 15.0 Å². The van der Waals surface area contributed by atoms with Gasteiger partial charge in [-0.3, -0.25) is 0 Å². The molecule has 3 nitrogen and oxygen atoms in total. The summed E-state index contributed by atoms with van der Waals surface area (Å²) in [6.07, 6.45) is 0. The average Bonchev–Trinajstić information content (AvgIpc) is 3.10. The maximum Gasteiger partial charge on any atom is 0.138 e. The average molecular weight is 357 g/mol. The summed E-state index contributed by atoms with van der Waals surface area (Å²) >= 11 is 11.0. The van der Waals surface area contributed by atoms with Crippen LogP contribution in [0.1, 0.15) is 17.1 Å². The van der Waals surface area contributed by atoms with E-state index in [9.17, 15) is 0 Å². The van der Waals surface area contributed by atoms with Crippen LogP contribution in [0.5, 0.6) is 0 Å². The zero-order chi connectivity index (χ0) is 14.3. The first kappa shape index (κ1) is 14.5. The van der Waals surface area contributed by atoms with Crippen LogP contribution in [-0.2, 0) is 11.8 Å². The van der Waals surface area contributed by atoms with Gasteiger partial charge in [0.1, 0.15) is 20.3 Å². The highest BCUT2D eigenvalue weighted by molar-refractivity contribution is 8.29. The van der Waals surface area contributed by atoms with Gasteiger partial charge in [0.15, 0.2) is 0 Å². The lowest BCUT2D eigenvalue weighted by molar-refractivity contribution is 1.28. The minimum absolute atomic E-state index is 0.994. The summed E-state index contributed by atoms with van der Waals surface area (Å²) in [4.78, 5) is 14.0. The summed E-state index contributed by atoms with van der Waals surface area (Å²) in [6.45, 7) is 6.00. The van der Waals surface area contributed by atoms with E-state index < -0.39 is 6.04 Å². The number of hydrogen-bond acceptors (Lipinski definition) is 7. The van der Waals surface area contributed by atoms with Gasteiger partial charge in [0.25, 0.3) is 0 Å². The lowest BCUT2D eigenvalue weighted by Crippen LogP contribution is -2.24. The number of aromatic nitrogens is 3. The van der Waals surface area contributed by atoms with E-state index in [1.165, 1.54) is 0 Å². The Balaban J connectivity index is 2.25. The van der Waals surface area contributed by atoms with E-state index in [-0.39, 0.29) is 0 Å². The Bertz CT molecular complexity index is 696. The second kappa shape index (κ2) is 5.39. The van der Waals surface area contributed by atoms with Gasteiger partial charge in [0, 0.05) is 33.2 Å². The summed E-state index contributed by atoms with van der Waals surface area (Å²) < 4.78 is 2.98. The number of hydrogen-bond donors (Lipinski definition) is 0. The van der Waals surface area contributed by atoms with Gasteiger partial charge < -0.3 is 0 Å². The molecule has 0 aliphatic carbocycles. The Kier molecular flexibility index (Phi) is 3.90. The molecule has 0 spiro atoms. The Morgan fingerprint density at radius 3 is 1.25 bits per heavy atom. The third kappa shape index (κ3) is 2.42. The molecule has 0 saturated heterocycles. The van der Waals surface area contributed by atoms with Gasteiger partial charge in [0.2, 0.25) is 0 Å². The van der Waals surface area contributed by atoms with Crippen molar-refractivity contribution in [3.8, 4) is 0 Å². The summed E-state index contributed by atoms with van der Waals surface area (Å²) in [6, 6.07) is -2.16. The normalized spacial score (nSPS) is 11.9. The van der Waals surface area contributed by atoms with E-state index in [1.807, 2.05) is 20.8 Å². The second-order valence-corrected chi connectivity index (χ2v) is 12.0. The monoisotopic (exact) mass is 357 g/mol. The fraction of sp³-hybridized carbons (Fsp3) is 0.250. The van der Waals surface area contributed by atoms with Gasteiger partial charge in [-0.05, 0) is 20.8 Å². The van der Waals surface area contributed by atoms with Crippen molar-refractivity contribution < 1.29 is 0 Å². The molecule has 0 saturated carbocycles. The van der Waals surface area contributed by atoms with Crippen molar-refractivity contribution in [2.24, 2.45) is 0 Å². The van der Waals surface area contributed by atoms with Gasteiger partial charge in [-0.1, -0.05) is 11.8 Å². The fourth-order valence-corrected chi connectivity index (χ4v) is 10.5. The molecule has 0 atom stereocenters. The van der Waals surface area contributed by atoms with Crippen LogP contribution in [0, 0.1) is 20.8 Å². The number of rotatable bonds is 3. The molecule has 3 rings (SSSR count). The molecule has 3 heterocycles. The molecule has 0 unspecified atom stereocenters. The Hall–Kier alpha value is -0.460. The molecule has 0 bridgehead atoms. The summed E-state index contributed by atoms with van der Waals surface area (Å²) in [5.74, 6) is 0. The third-order valence-electron chi connectivity index (χ3n) is 2.63. The van der Waals surface area contributed by atoms with Crippen LogP contribution in [0.3, 0.4) is 0 Å². The van der Waals surface area contributed by atoms with Crippen LogP contribution in [0.2, 0.25) is 0 Å². The quantitative estimate of drug-likeness (QED) is 0.676. The highest BCUT2D eigenvalue weighted by Gasteiger charge is 2.33. The molecule has 0 fully saturated rings. The minimum atomic E-state index is -2.16. The van der Waals surface area contributed by atoms with E-state index in [2.05, 4.69) is 31.1 Å². The Morgan fingerprint density at radius 1 is 0.750 bits per heavy atom. The van der Waals surface area contributed by atoms with Crippen molar-refractivity contribution in [3.63, 3.8) is 0 Å². The molecule has 0 aliphatic rings. The van der Waals surface area contributed by atoms with Crippen LogP contribution in [-0.4, -0.2) is 15.0 Å². The largest absolute Gasteiger partial charge is 0.240 e. The molecule has 0 N–H and O–H groups in total. The van der Waals surface area contributed by atoms with Crippen LogP contribution >= 0.6 is 40.0 Å². The Labute approximate surface area is 134 Å². The maximum absolute atomic E-state index is 6.10. The molecule has 8 heteroatoms. The smallest absolute Gasteiger partial charge is 0.138 e. The zero-order valence-electron chi connectivity index (χ0n) is 11.2. The van der Waals surface area contributed by atoms with E-state index in [4.69, 9.17) is 11.8 Å². The van der Waals surface area contributed by atoms with Crippen LogP contribution < -0.4 is 14.2 Å². The minimum Gasteiger partial charge on any atom is -0.240 e. The van der Waals surface area contributed by atoms with Crippen molar-refractivity contribution in [2.45, 2.75) is 20.8 Å². The standard InChI is InChI=1S/C12H12N3PS4/c1-7-4-18-10(13-7)16(17,11-14-8(2)5-19-11)12-15-9(3)6-20-12/h4-6H,1-3H3. The third-order valence-corrected chi connectivity index (χ3v) is 12.8. The van der Waals surface area contributed by atoms with Gasteiger partial charge in [0.05, 0.1) is 0 Å². The molecule has 104 valence electrons. The summed E-state index contributed by atoms with van der Waals surface area (Å²) in [7, 11) is 0. The first-order valence-electron chi connectivity index (χ1n) is 5.88. The fourth-order valence-electron chi connectivity index (χ4n) is 1.70. The lowest BCUT2D eigenvalue weighted by atomic mass is 10.6. The molecule has 0 amide bonds. The van der Waals surface area contributed by atoms with Crippen molar-refractivity contribution in [1.29, 1.82) is 0 Å². The number of aryl methyl sites for hydroxylation is 3. The molecule has 0 aliphatic heterocycles. The van der Waals surface area contributed by atoms with E-state index in [0.717, 1.165) is 31.3 Å². The predicted molar refractivity (Wildman–Crippen MR) is 93.7 cm³/mol. The summed E-state index contributed by atoms with van der Waals surface area (Å²) in [5, 5.41) is 6.16. The topological polar surface area (TPSA) is 38.7 Å². The first-order valence-corrected chi connectivity index (χ1v) is 11.3. The molecule has 0 aromatic carbocycles. The van der Waals surface area contributed by atoms with Gasteiger partial charge >= 0.3 is 0 Å². The van der Waals surface area contributed by atoms with Crippen molar-refractivity contribution in [2.75, 3.05) is 0 Å². The van der Waals surface area contributed by atoms with E-state index in [1.54, 1.807) is 34.0 Å². The van der Waals surface area contributed by atoms with Gasteiger partial charge in [-0.2, -0.15) is 0 Å². The first-order chi connectivity index (χ1) is 9.50. The lowest BCUT2D eigenvalue weighted by Gasteiger charge is -2.13. The molecule has 3 aromatic rings. The Morgan fingerprint density at radius 2 is 1.05 bits per heavy atom. The molecular weight excluding hydrogens is 345 g/mol. The molecular formula is C12H12N3PS4. The van der Waals surface area contributed by atoms with Gasteiger partial charge in [-0.15, -0.1) is 34.0 Å². The molecule has 3 aromatic heterocycles. The van der Waals surface area contributed by atoms with E-state index in [0.29, 0.717) is 0 Å². The number of nitrogens with zero attached hydrogens (tertiary/aromatic N) is 3. The predicted octanol–water partition coefficient (Wildman–Crippen LogP) is 2.74. The van der Waals surface area contributed by atoms with Crippen LogP contribution in [0.15, 0.2) is 16.1 Å². The van der Waals surface area contributed by atoms with E-state index >= 15 is 0 Å². The van der Waals surface area contributed by atoms with Crippen molar-refractivity contribution in [1.82, 2.24) is 15.0 Å². The molecule has 20 heavy (non-hydrogen) atoms. The van der Waals surface area contributed by atoms with Crippen molar-refractivity contribution >= 4 is 66.1 Å². The summed E-state index contributed by atoms with van der Waals surface area (Å²) in [5.41, 5.74) is 3.04. The van der Waals surface area contributed by atoms with Crippen molar-refractivity contribution in [3.05, 3.63) is 33.2 Å². The maximum atomic E-state index is 6.10. The van der Waals surface area contributed by atoms with Crippen LogP contribution in [0.25, 0.3) is 0 Å². The SMILES string of the molecule is Cc1csc(P(=S)(c2nc(C)cs2)c2nc(C)cs2)n1. The number of thiazole rings is 3. The highest BCUT2D eigenvalue weighted by atomic mass is 32.4. The second-order valence-electron chi connectivity index (χ2n) is 4.42. The zero-order valence-corrected chi connectivity index (χ0v) is 15.3. The van der Waals surface area contributed by atoms with Crippen LogP contribution in [0.4, 0.5) is 0 Å². The molecule has 0 radical (unpaired) electrons. The highest BCUT2D eigenvalue weighted by Crippen LogP contribution is 2.45.